The largest absolute Gasteiger partial charge is 0.393 e. The van der Waals surface area contributed by atoms with Gasteiger partial charge in [0.1, 0.15) is 0 Å². The maximum Gasteiger partial charge on any atom is 0.198 e. The van der Waals surface area contributed by atoms with Gasteiger partial charge < -0.3 is 9.84 Å². The van der Waals surface area contributed by atoms with Crippen LogP contribution in [0.15, 0.2) is 0 Å². The molecule has 0 heterocycles. The predicted octanol–water partition coefficient (Wildman–Crippen LogP) is 1.88. The van der Waals surface area contributed by atoms with Crippen LogP contribution in [0.25, 0.3) is 0 Å². The van der Waals surface area contributed by atoms with E-state index in [0.29, 0.717) is 25.9 Å². The number of Topliss-reactive ketones (excluding diaryl/α,β-unsaturated/α-hetero) is 2. The number of aliphatic hydroxyl groups excluding tert-OH is 1. The maximum absolute atomic E-state index is 11.4. The predicted molar refractivity (Wildman–Crippen MR) is 65.9 cm³/mol. The zero-order valence-electron chi connectivity index (χ0n) is 10.9. The number of hydrogen-bond donors (Lipinski definition) is 1. The highest BCUT2D eigenvalue weighted by Crippen LogP contribution is 2.07. The van der Waals surface area contributed by atoms with Crippen LogP contribution in [-0.2, 0) is 14.3 Å². The first-order valence-electron chi connectivity index (χ1n) is 6.34. The van der Waals surface area contributed by atoms with Crippen LogP contribution < -0.4 is 0 Å². The van der Waals surface area contributed by atoms with E-state index in [1.807, 2.05) is 6.92 Å². The van der Waals surface area contributed by atoms with Crippen LogP contribution in [0.5, 0.6) is 0 Å². The molecule has 17 heavy (non-hydrogen) atoms. The Hall–Kier alpha value is -0.740. The molecule has 0 amide bonds. The van der Waals surface area contributed by atoms with Gasteiger partial charge in [0.25, 0.3) is 0 Å². The van der Waals surface area contributed by atoms with Crippen molar-refractivity contribution in [3.05, 3.63) is 0 Å². The lowest BCUT2D eigenvalue weighted by atomic mass is 10.0. The minimum absolute atomic E-state index is 0.257. The van der Waals surface area contributed by atoms with Crippen molar-refractivity contribution in [2.24, 2.45) is 0 Å². The van der Waals surface area contributed by atoms with Gasteiger partial charge in [-0.25, -0.2) is 0 Å². The van der Waals surface area contributed by atoms with E-state index >= 15 is 0 Å². The molecule has 0 aromatic rings. The first kappa shape index (κ1) is 16.3. The van der Waals surface area contributed by atoms with Crippen LogP contribution >= 0.6 is 0 Å². The Morgan fingerprint density at radius 2 is 1.71 bits per heavy atom. The summed E-state index contributed by atoms with van der Waals surface area (Å²) < 4.78 is 4.81. The Labute approximate surface area is 103 Å². The Bertz CT molecular complexity index is 225. The molecule has 0 saturated carbocycles. The van der Waals surface area contributed by atoms with Gasteiger partial charge in [0.2, 0.25) is 0 Å². The molecule has 4 heteroatoms. The van der Waals surface area contributed by atoms with Gasteiger partial charge in [-0.15, -0.1) is 0 Å². The summed E-state index contributed by atoms with van der Waals surface area (Å²) in [5.74, 6) is -0.628. The summed E-state index contributed by atoms with van der Waals surface area (Å²) in [6, 6.07) is 0. The molecule has 4 nitrogen and oxygen atoms in total. The number of carbonyl (C=O) groups is 2. The fourth-order valence-electron chi connectivity index (χ4n) is 1.63. The van der Waals surface area contributed by atoms with Crippen molar-refractivity contribution >= 4 is 11.6 Å². The minimum atomic E-state index is -0.337. The smallest absolute Gasteiger partial charge is 0.198 e. The van der Waals surface area contributed by atoms with Crippen molar-refractivity contribution < 1.29 is 19.4 Å². The van der Waals surface area contributed by atoms with Crippen molar-refractivity contribution in [1.29, 1.82) is 0 Å². The molecule has 0 spiro atoms. The van der Waals surface area contributed by atoms with Crippen molar-refractivity contribution in [1.82, 2.24) is 0 Å². The normalized spacial score (nSPS) is 12.4. The molecular formula is C13H24O4. The lowest BCUT2D eigenvalue weighted by Crippen LogP contribution is -2.15. The van der Waals surface area contributed by atoms with E-state index in [2.05, 4.69) is 0 Å². The molecule has 0 saturated heterocycles. The zero-order chi connectivity index (χ0) is 13.1. The number of aliphatic hydroxyl groups is 1. The van der Waals surface area contributed by atoms with E-state index in [0.717, 1.165) is 12.8 Å². The van der Waals surface area contributed by atoms with E-state index in [-0.39, 0.29) is 30.5 Å². The zero-order valence-corrected chi connectivity index (χ0v) is 10.9. The molecule has 0 aliphatic carbocycles. The molecule has 1 N–H and O–H groups in total. The molecule has 0 radical (unpaired) electrons. The summed E-state index contributed by atoms with van der Waals surface area (Å²) in [5, 5.41) is 9.46. The van der Waals surface area contributed by atoms with Gasteiger partial charge in [0.15, 0.2) is 11.6 Å². The number of hydrogen-bond acceptors (Lipinski definition) is 4. The summed E-state index contributed by atoms with van der Waals surface area (Å²) in [4.78, 5) is 22.8. The summed E-state index contributed by atoms with van der Waals surface area (Å²) in [6.07, 6.45) is 3.68. The highest BCUT2D eigenvalue weighted by atomic mass is 16.5. The molecule has 1 unspecified atom stereocenters. The number of ketones is 2. The van der Waals surface area contributed by atoms with Gasteiger partial charge in [-0.3, -0.25) is 9.59 Å². The van der Waals surface area contributed by atoms with Gasteiger partial charge in [0, 0.05) is 26.6 Å². The molecule has 1 atom stereocenters. The number of methoxy groups -OCH3 is 1. The molecule has 0 aromatic carbocycles. The lowest BCUT2D eigenvalue weighted by molar-refractivity contribution is -0.136. The molecular weight excluding hydrogens is 220 g/mol. The Kier molecular flexibility index (Phi) is 9.96. The second kappa shape index (κ2) is 10.4. The van der Waals surface area contributed by atoms with Crippen LogP contribution in [0.2, 0.25) is 0 Å². The molecule has 0 aromatic heterocycles. The molecule has 0 aliphatic heterocycles. The first-order chi connectivity index (χ1) is 8.11. The van der Waals surface area contributed by atoms with E-state index in [1.165, 1.54) is 0 Å². The lowest BCUT2D eigenvalue weighted by Gasteiger charge is -2.07. The first-order valence-corrected chi connectivity index (χ1v) is 6.34. The van der Waals surface area contributed by atoms with Crippen molar-refractivity contribution in [2.45, 2.75) is 58.0 Å². The van der Waals surface area contributed by atoms with E-state index < -0.39 is 0 Å². The molecule has 100 valence electrons. The molecule has 0 bridgehead atoms. The summed E-state index contributed by atoms with van der Waals surface area (Å²) in [6.45, 7) is 2.52. The van der Waals surface area contributed by atoms with Crippen LogP contribution in [0, 0.1) is 0 Å². The topological polar surface area (TPSA) is 63.6 Å². The average molecular weight is 244 g/mol. The van der Waals surface area contributed by atoms with Crippen molar-refractivity contribution in [3.63, 3.8) is 0 Å². The molecule has 0 fully saturated rings. The highest BCUT2D eigenvalue weighted by Gasteiger charge is 2.13. The standard InChI is InChI=1S/C13H24O4/c1-3-6-11(14)7-4-8-12(15)13(16)9-5-10-17-2/h11,14H,3-10H2,1-2H3. The second-order valence-corrected chi connectivity index (χ2v) is 4.28. The highest BCUT2D eigenvalue weighted by molar-refractivity contribution is 6.37. The van der Waals surface area contributed by atoms with Gasteiger partial charge in [-0.2, -0.15) is 0 Å². The third kappa shape index (κ3) is 9.01. The van der Waals surface area contributed by atoms with Crippen molar-refractivity contribution in [3.8, 4) is 0 Å². The quantitative estimate of drug-likeness (QED) is 0.445. The number of rotatable bonds is 11. The van der Waals surface area contributed by atoms with Gasteiger partial charge >= 0.3 is 0 Å². The number of carbonyl (C=O) groups excluding carboxylic acids is 2. The van der Waals surface area contributed by atoms with E-state index in [9.17, 15) is 14.7 Å². The third-order valence-electron chi connectivity index (χ3n) is 2.63. The monoisotopic (exact) mass is 244 g/mol. The fourth-order valence-corrected chi connectivity index (χ4v) is 1.63. The fraction of sp³-hybridized carbons (Fsp3) is 0.846. The second-order valence-electron chi connectivity index (χ2n) is 4.28. The maximum atomic E-state index is 11.4. The summed E-state index contributed by atoms with van der Waals surface area (Å²) in [5.41, 5.74) is 0. The van der Waals surface area contributed by atoms with Gasteiger partial charge in [-0.1, -0.05) is 13.3 Å². The average Bonchev–Trinajstić information content (AvgIpc) is 2.29. The third-order valence-corrected chi connectivity index (χ3v) is 2.63. The number of ether oxygens (including phenoxy) is 1. The SMILES string of the molecule is CCCC(O)CCCC(=O)C(=O)CCCOC. The van der Waals surface area contributed by atoms with Gasteiger partial charge in [0.05, 0.1) is 6.10 Å². The Morgan fingerprint density at radius 3 is 2.24 bits per heavy atom. The van der Waals surface area contributed by atoms with Crippen molar-refractivity contribution in [2.75, 3.05) is 13.7 Å². The van der Waals surface area contributed by atoms with Gasteiger partial charge in [-0.05, 0) is 25.7 Å². The molecule has 0 rings (SSSR count). The Morgan fingerprint density at radius 1 is 1.12 bits per heavy atom. The molecule has 0 aliphatic rings. The summed E-state index contributed by atoms with van der Waals surface area (Å²) >= 11 is 0. The van der Waals surface area contributed by atoms with Crippen LogP contribution in [0.3, 0.4) is 0 Å². The van der Waals surface area contributed by atoms with Crippen LogP contribution in [0.4, 0.5) is 0 Å². The van der Waals surface area contributed by atoms with Crippen LogP contribution in [-0.4, -0.2) is 36.5 Å². The minimum Gasteiger partial charge on any atom is -0.393 e. The van der Waals surface area contributed by atoms with Crippen LogP contribution in [0.1, 0.15) is 51.9 Å². The Balaban J connectivity index is 3.60. The van der Waals surface area contributed by atoms with E-state index in [1.54, 1.807) is 7.11 Å². The van der Waals surface area contributed by atoms with E-state index in [4.69, 9.17) is 4.74 Å². The summed E-state index contributed by atoms with van der Waals surface area (Å²) in [7, 11) is 1.57.